The summed E-state index contributed by atoms with van der Waals surface area (Å²) >= 11 is 5.98. The number of halogens is 1. The molecule has 0 radical (unpaired) electrons. The van der Waals surface area contributed by atoms with Gasteiger partial charge in [0, 0.05) is 25.2 Å². The van der Waals surface area contributed by atoms with E-state index in [1.807, 2.05) is 31.2 Å². The van der Waals surface area contributed by atoms with Crippen molar-refractivity contribution in [3.05, 3.63) is 46.2 Å². The van der Waals surface area contributed by atoms with Crippen molar-refractivity contribution in [3.8, 4) is 0 Å². The Bertz CT molecular complexity index is 666. The lowest BCUT2D eigenvalue weighted by atomic mass is 10.2. The fraction of sp³-hybridized carbons (Fsp3) is 0.333. The number of aryl methyl sites for hydroxylation is 2. The van der Waals surface area contributed by atoms with Crippen LogP contribution in [0.25, 0.3) is 0 Å². The molecule has 0 saturated heterocycles. The van der Waals surface area contributed by atoms with E-state index in [1.165, 1.54) is 4.68 Å². The van der Waals surface area contributed by atoms with Gasteiger partial charge in [-0.2, -0.15) is 5.10 Å². The smallest absolute Gasteiger partial charge is 0.274 e. The average Bonchev–Trinajstić information content (AvgIpc) is 2.69. The molecule has 0 aliphatic heterocycles. The SMILES string of the molecule is CCN(Cc1cccc(Cl)c1)C(=O)c1c(N)c(C)nn1C. The number of amides is 1. The predicted molar refractivity (Wildman–Crippen MR) is 84.2 cm³/mol. The summed E-state index contributed by atoms with van der Waals surface area (Å²) in [6, 6.07) is 7.49. The maximum atomic E-state index is 12.7. The van der Waals surface area contributed by atoms with E-state index in [2.05, 4.69) is 5.10 Å². The van der Waals surface area contributed by atoms with Crippen molar-refractivity contribution in [2.24, 2.45) is 7.05 Å². The minimum atomic E-state index is -0.127. The molecule has 5 nitrogen and oxygen atoms in total. The first-order valence-corrected chi connectivity index (χ1v) is 7.14. The molecule has 0 aliphatic rings. The van der Waals surface area contributed by atoms with E-state index < -0.39 is 0 Å². The van der Waals surface area contributed by atoms with Crippen molar-refractivity contribution >= 4 is 23.2 Å². The molecule has 1 heterocycles. The van der Waals surface area contributed by atoms with Crippen LogP contribution in [0.5, 0.6) is 0 Å². The number of nitrogen functional groups attached to an aromatic ring is 1. The van der Waals surface area contributed by atoms with Gasteiger partial charge in [-0.25, -0.2) is 0 Å². The highest BCUT2D eigenvalue weighted by Crippen LogP contribution is 2.19. The van der Waals surface area contributed by atoms with Crippen LogP contribution in [0.1, 0.15) is 28.7 Å². The molecule has 112 valence electrons. The molecule has 1 aromatic carbocycles. The second kappa shape index (κ2) is 6.18. The van der Waals surface area contributed by atoms with Crippen LogP contribution in [0.3, 0.4) is 0 Å². The fourth-order valence-corrected chi connectivity index (χ4v) is 2.47. The Kier molecular flexibility index (Phi) is 4.53. The molecule has 0 bridgehead atoms. The third kappa shape index (κ3) is 3.19. The number of benzene rings is 1. The highest BCUT2D eigenvalue weighted by molar-refractivity contribution is 6.30. The molecule has 0 fully saturated rings. The van der Waals surface area contributed by atoms with Gasteiger partial charge >= 0.3 is 0 Å². The van der Waals surface area contributed by atoms with E-state index in [0.29, 0.717) is 35.2 Å². The van der Waals surface area contributed by atoms with E-state index in [0.717, 1.165) is 5.56 Å². The van der Waals surface area contributed by atoms with E-state index in [-0.39, 0.29) is 5.91 Å². The number of carbonyl (C=O) groups excluding carboxylic acids is 1. The lowest BCUT2D eigenvalue weighted by Crippen LogP contribution is -2.32. The molecule has 2 N–H and O–H groups in total. The Morgan fingerprint density at radius 1 is 1.48 bits per heavy atom. The van der Waals surface area contributed by atoms with Crippen LogP contribution in [0.4, 0.5) is 5.69 Å². The highest BCUT2D eigenvalue weighted by atomic mass is 35.5. The predicted octanol–water partition coefficient (Wildman–Crippen LogP) is 2.63. The topological polar surface area (TPSA) is 64.2 Å². The molecule has 0 atom stereocenters. The van der Waals surface area contributed by atoms with Crippen LogP contribution < -0.4 is 5.73 Å². The second-order valence-corrected chi connectivity index (χ2v) is 5.36. The van der Waals surface area contributed by atoms with Crippen LogP contribution in [0.15, 0.2) is 24.3 Å². The van der Waals surface area contributed by atoms with Crippen LogP contribution in [-0.4, -0.2) is 27.1 Å². The molecule has 6 heteroatoms. The van der Waals surface area contributed by atoms with Crippen molar-refractivity contribution in [3.63, 3.8) is 0 Å². The van der Waals surface area contributed by atoms with Gasteiger partial charge in [-0.3, -0.25) is 9.48 Å². The lowest BCUT2D eigenvalue weighted by Gasteiger charge is -2.21. The second-order valence-electron chi connectivity index (χ2n) is 4.92. The number of anilines is 1. The van der Waals surface area contributed by atoms with Gasteiger partial charge in [-0.15, -0.1) is 0 Å². The fourth-order valence-electron chi connectivity index (χ4n) is 2.26. The summed E-state index contributed by atoms with van der Waals surface area (Å²) in [4.78, 5) is 14.4. The zero-order valence-corrected chi connectivity index (χ0v) is 13.2. The number of hydrogen-bond acceptors (Lipinski definition) is 3. The van der Waals surface area contributed by atoms with Gasteiger partial charge in [0.25, 0.3) is 5.91 Å². The Morgan fingerprint density at radius 2 is 2.19 bits per heavy atom. The summed E-state index contributed by atoms with van der Waals surface area (Å²) in [5.41, 5.74) is 8.47. The molecular formula is C15H19ClN4O. The highest BCUT2D eigenvalue weighted by Gasteiger charge is 2.22. The third-order valence-electron chi connectivity index (χ3n) is 3.40. The largest absolute Gasteiger partial charge is 0.395 e. The summed E-state index contributed by atoms with van der Waals surface area (Å²) < 4.78 is 1.54. The Labute approximate surface area is 129 Å². The normalized spacial score (nSPS) is 10.7. The molecule has 2 aromatic rings. The minimum absolute atomic E-state index is 0.127. The number of nitrogens with zero attached hydrogens (tertiary/aromatic N) is 3. The summed E-state index contributed by atoms with van der Waals surface area (Å²) in [6.45, 7) is 4.79. The standard InChI is InChI=1S/C15H19ClN4O/c1-4-20(9-11-6-5-7-12(16)8-11)15(21)14-13(17)10(2)18-19(14)3/h5-8H,4,9,17H2,1-3H3. The zero-order valence-electron chi connectivity index (χ0n) is 12.4. The molecule has 0 saturated carbocycles. The molecule has 0 unspecified atom stereocenters. The minimum Gasteiger partial charge on any atom is -0.395 e. The quantitative estimate of drug-likeness (QED) is 0.944. The summed E-state index contributed by atoms with van der Waals surface area (Å²) in [5, 5.41) is 4.85. The first kappa shape index (κ1) is 15.4. The first-order valence-electron chi connectivity index (χ1n) is 6.76. The summed E-state index contributed by atoms with van der Waals surface area (Å²) in [7, 11) is 1.73. The van der Waals surface area contributed by atoms with Gasteiger partial charge in [0.1, 0.15) is 5.69 Å². The van der Waals surface area contributed by atoms with Crippen LogP contribution in [-0.2, 0) is 13.6 Å². The first-order chi connectivity index (χ1) is 9.93. The maximum absolute atomic E-state index is 12.7. The molecule has 21 heavy (non-hydrogen) atoms. The molecule has 2 rings (SSSR count). The van der Waals surface area contributed by atoms with Crippen LogP contribution in [0.2, 0.25) is 5.02 Å². The Hall–Kier alpha value is -2.01. The molecule has 1 aromatic heterocycles. The molecule has 1 amide bonds. The van der Waals surface area contributed by atoms with Gasteiger partial charge in [-0.05, 0) is 31.5 Å². The van der Waals surface area contributed by atoms with Crippen LogP contribution in [0, 0.1) is 6.92 Å². The number of aromatic nitrogens is 2. The van der Waals surface area contributed by atoms with Crippen LogP contribution >= 0.6 is 11.6 Å². The van der Waals surface area contributed by atoms with Gasteiger partial charge < -0.3 is 10.6 Å². The van der Waals surface area contributed by atoms with E-state index >= 15 is 0 Å². The Balaban J connectivity index is 2.27. The Morgan fingerprint density at radius 3 is 2.71 bits per heavy atom. The monoisotopic (exact) mass is 306 g/mol. The van der Waals surface area contributed by atoms with Gasteiger partial charge in [0.2, 0.25) is 0 Å². The van der Waals surface area contributed by atoms with E-state index in [1.54, 1.807) is 18.9 Å². The lowest BCUT2D eigenvalue weighted by molar-refractivity contribution is 0.0742. The number of nitrogens with two attached hydrogens (primary N) is 1. The van der Waals surface area contributed by atoms with Crippen molar-refractivity contribution < 1.29 is 4.79 Å². The number of carbonyl (C=O) groups is 1. The molecule has 0 aliphatic carbocycles. The molecular weight excluding hydrogens is 288 g/mol. The number of hydrogen-bond donors (Lipinski definition) is 1. The van der Waals surface area contributed by atoms with Crippen molar-refractivity contribution in [1.82, 2.24) is 14.7 Å². The average molecular weight is 307 g/mol. The van der Waals surface area contributed by atoms with E-state index in [4.69, 9.17) is 17.3 Å². The van der Waals surface area contributed by atoms with E-state index in [9.17, 15) is 4.79 Å². The summed E-state index contributed by atoms with van der Waals surface area (Å²) in [6.07, 6.45) is 0. The zero-order chi connectivity index (χ0) is 15.6. The van der Waals surface area contributed by atoms with Crippen molar-refractivity contribution in [1.29, 1.82) is 0 Å². The van der Waals surface area contributed by atoms with Crippen molar-refractivity contribution in [2.45, 2.75) is 20.4 Å². The maximum Gasteiger partial charge on any atom is 0.274 e. The van der Waals surface area contributed by atoms with Gasteiger partial charge in [-0.1, -0.05) is 23.7 Å². The van der Waals surface area contributed by atoms with Gasteiger partial charge in [0.15, 0.2) is 0 Å². The third-order valence-corrected chi connectivity index (χ3v) is 3.64. The van der Waals surface area contributed by atoms with Crippen molar-refractivity contribution in [2.75, 3.05) is 12.3 Å². The molecule has 0 spiro atoms. The summed E-state index contributed by atoms with van der Waals surface area (Å²) in [5.74, 6) is -0.127. The number of rotatable bonds is 4. The van der Waals surface area contributed by atoms with Gasteiger partial charge in [0.05, 0.1) is 11.4 Å².